The van der Waals surface area contributed by atoms with Crippen molar-refractivity contribution < 1.29 is 9.90 Å². The van der Waals surface area contributed by atoms with Gasteiger partial charge in [-0.2, -0.15) is 5.10 Å². The fourth-order valence-corrected chi connectivity index (χ4v) is 2.63. The second-order valence-corrected chi connectivity index (χ2v) is 6.11. The Hall–Kier alpha value is -2.58. The third-order valence-corrected chi connectivity index (χ3v) is 4.37. The van der Waals surface area contributed by atoms with Gasteiger partial charge in [-0.25, -0.2) is 4.98 Å². The Morgan fingerprint density at radius 1 is 1.36 bits per heavy atom. The van der Waals surface area contributed by atoms with E-state index in [2.05, 4.69) is 15.1 Å². The van der Waals surface area contributed by atoms with Crippen LogP contribution in [0.1, 0.15) is 6.42 Å². The van der Waals surface area contributed by atoms with Crippen LogP contribution < -0.4 is 10.5 Å². The highest BCUT2D eigenvalue weighted by molar-refractivity contribution is 6.42. The van der Waals surface area contributed by atoms with E-state index in [9.17, 15) is 9.59 Å². The van der Waals surface area contributed by atoms with E-state index in [0.29, 0.717) is 27.2 Å². The van der Waals surface area contributed by atoms with E-state index in [1.54, 1.807) is 30.1 Å². The number of anilines is 2. The van der Waals surface area contributed by atoms with Crippen LogP contribution in [0.3, 0.4) is 0 Å². The molecule has 8 nitrogen and oxygen atoms in total. The molecule has 2 N–H and O–H groups in total. The summed E-state index contributed by atoms with van der Waals surface area (Å²) in [6, 6.07) is 5.05. The average molecular weight is 382 g/mol. The Kier molecular flexibility index (Phi) is 4.65. The van der Waals surface area contributed by atoms with Crippen LogP contribution >= 0.6 is 23.2 Å². The number of hydrogen-bond donors (Lipinski definition) is 2. The molecule has 0 radical (unpaired) electrons. The molecule has 0 fully saturated rings. The van der Waals surface area contributed by atoms with Gasteiger partial charge in [-0.15, -0.1) is 0 Å². The summed E-state index contributed by atoms with van der Waals surface area (Å²) in [5.74, 6) is -0.669. The number of nitrogens with zero attached hydrogens (tertiary/aromatic N) is 4. The topological polar surface area (TPSA) is 104 Å². The Morgan fingerprint density at radius 2 is 2.12 bits per heavy atom. The molecule has 2 heterocycles. The average Bonchev–Trinajstić information content (AvgIpc) is 2.98. The molecule has 0 bridgehead atoms. The Morgan fingerprint density at radius 3 is 2.80 bits per heavy atom. The number of nitrogens with one attached hydrogen (secondary N) is 1. The van der Waals surface area contributed by atoms with E-state index in [-0.39, 0.29) is 18.5 Å². The van der Waals surface area contributed by atoms with Crippen LogP contribution in [0.25, 0.3) is 11.0 Å². The summed E-state index contributed by atoms with van der Waals surface area (Å²) < 4.78 is 1.33. The SMILES string of the molecule is CN(c1ccc(Cl)c(Cl)c1)c1nc2cnn(CCC(=O)O)c2c(=O)[nH]1. The number of carboxylic acid groups (broad SMARTS) is 1. The molecular weight excluding hydrogens is 369 g/mol. The van der Waals surface area contributed by atoms with Gasteiger partial charge in [0.25, 0.3) is 5.56 Å². The van der Waals surface area contributed by atoms with Crippen molar-refractivity contribution in [2.75, 3.05) is 11.9 Å². The van der Waals surface area contributed by atoms with Gasteiger partial charge in [-0.1, -0.05) is 23.2 Å². The normalized spacial score (nSPS) is 11.0. The highest BCUT2D eigenvalue weighted by Crippen LogP contribution is 2.29. The molecule has 0 spiro atoms. The third kappa shape index (κ3) is 3.45. The fraction of sp³-hybridized carbons (Fsp3) is 0.200. The minimum atomic E-state index is -0.969. The first-order chi connectivity index (χ1) is 11.9. The van der Waals surface area contributed by atoms with Gasteiger partial charge >= 0.3 is 5.97 Å². The van der Waals surface area contributed by atoms with Crippen LogP contribution in [0, 0.1) is 0 Å². The van der Waals surface area contributed by atoms with E-state index in [1.807, 2.05) is 0 Å². The van der Waals surface area contributed by atoms with Gasteiger partial charge in [0.05, 0.1) is 29.2 Å². The minimum absolute atomic E-state index is 0.0889. The quantitative estimate of drug-likeness (QED) is 0.703. The Balaban J connectivity index is 1.99. The number of hydrogen-bond acceptors (Lipinski definition) is 5. The number of rotatable bonds is 5. The molecule has 1 aromatic carbocycles. The van der Waals surface area contributed by atoms with Gasteiger partial charge < -0.3 is 10.0 Å². The first-order valence-corrected chi connectivity index (χ1v) is 7.99. The Labute approximate surface area is 151 Å². The van der Waals surface area contributed by atoms with Crippen LogP contribution in [0.2, 0.25) is 10.0 Å². The van der Waals surface area contributed by atoms with Crippen LogP contribution in [0.15, 0.2) is 29.2 Å². The molecular formula is C15H13Cl2N5O3. The number of aromatic nitrogens is 4. The predicted molar refractivity (Wildman–Crippen MR) is 94.9 cm³/mol. The van der Waals surface area contributed by atoms with Crippen molar-refractivity contribution in [2.45, 2.75) is 13.0 Å². The number of aromatic amines is 1. The van der Waals surface area contributed by atoms with Crippen molar-refractivity contribution in [3.63, 3.8) is 0 Å². The van der Waals surface area contributed by atoms with E-state index in [1.165, 1.54) is 10.9 Å². The number of carbonyl (C=O) groups is 1. The van der Waals surface area contributed by atoms with Gasteiger partial charge in [0.15, 0.2) is 5.52 Å². The zero-order valence-corrected chi connectivity index (χ0v) is 14.5. The van der Waals surface area contributed by atoms with Gasteiger partial charge in [-0.3, -0.25) is 19.3 Å². The van der Waals surface area contributed by atoms with E-state index in [0.717, 1.165) is 0 Å². The lowest BCUT2D eigenvalue weighted by molar-refractivity contribution is -0.137. The van der Waals surface area contributed by atoms with Crippen LogP contribution in [0.5, 0.6) is 0 Å². The maximum Gasteiger partial charge on any atom is 0.305 e. The summed E-state index contributed by atoms with van der Waals surface area (Å²) in [5.41, 5.74) is 0.883. The molecule has 0 saturated carbocycles. The molecule has 130 valence electrons. The van der Waals surface area contributed by atoms with Crippen LogP contribution in [0.4, 0.5) is 11.6 Å². The van der Waals surface area contributed by atoms with Crippen molar-refractivity contribution in [2.24, 2.45) is 0 Å². The lowest BCUT2D eigenvalue weighted by Crippen LogP contribution is -2.20. The van der Waals surface area contributed by atoms with Crippen molar-refractivity contribution in [1.82, 2.24) is 19.7 Å². The first kappa shape index (κ1) is 17.2. The number of aryl methyl sites for hydroxylation is 1. The van der Waals surface area contributed by atoms with Crippen molar-refractivity contribution in [3.05, 3.63) is 44.8 Å². The summed E-state index contributed by atoms with van der Waals surface area (Å²) in [5, 5.41) is 13.6. The third-order valence-electron chi connectivity index (χ3n) is 3.63. The van der Waals surface area contributed by atoms with Crippen molar-refractivity contribution in [1.29, 1.82) is 0 Å². The van der Waals surface area contributed by atoms with Crippen LogP contribution in [-0.2, 0) is 11.3 Å². The van der Waals surface area contributed by atoms with Crippen molar-refractivity contribution >= 4 is 51.8 Å². The summed E-state index contributed by atoms with van der Waals surface area (Å²) in [6.45, 7) is 0.0889. The van der Waals surface area contributed by atoms with Gasteiger partial charge in [0.2, 0.25) is 5.95 Å². The standard InChI is InChI=1S/C15H13Cl2N5O3/c1-21(8-2-3-9(16)10(17)6-8)15-19-11-7-18-22(5-4-12(23)24)13(11)14(25)20-15/h2-3,6-7H,4-5H2,1H3,(H,23,24)(H,19,20,25). The van der Waals surface area contributed by atoms with E-state index in [4.69, 9.17) is 28.3 Å². The zero-order chi connectivity index (χ0) is 18.1. The maximum absolute atomic E-state index is 12.4. The number of H-pyrrole nitrogens is 1. The fourth-order valence-electron chi connectivity index (χ4n) is 2.34. The number of fused-ring (bicyclic) bond motifs is 1. The molecule has 0 aliphatic rings. The van der Waals surface area contributed by atoms with Gasteiger partial charge in [-0.05, 0) is 18.2 Å². The van der Waals surface area contributed by atoms with E-state index >= 15 is 0 Å². The highest BCUT2D eigenvalue weighted by Gasteiger charge is 2.15. The summed E-state index contributed by atoms with van der Waals surface area (Å²) >= 11 is 11.9. The highest BCUT2D eigenvalue weighted by atomic mass is 35.5. The maximum atomic E-state index is 12.4. The Bertz CT molecular complexity index is 1010. The molecule has 25 heavy (non-hydrogen) atoms. The lowest BCUT2D eigenvalue weighted by atomic mass is 10.3. The second kappa shape index (κ2) is 6.73. The van der Waals surface area contributed by atoms with Gasteiger partial charge in [0.1, 0.15) is 5.52 Å². The zero-order valence-electron chi connectivity index (χ0n) is 13.0. The van der Waals surface area contributed by atoms with Crippen LogP contribution in [-0.4, -0.2) is 37.9 Å². The molecule has 0 aliphatic carbocycles. The number of halogens is 2. The molecule has 3 rings (SSSR count). The molecule has 3 aromatic rings. The predicted octanol–water partition coefficient (Wildman–Crippen LogP) is 2.67. The summed E-state index contributed by atoms with van der Waals surface area (Å²) in [6.07, 6.45) is 1.29. The summed E-state index contributed by atoms with van der Waals surface area (Å²) in [4.78, 5) is 31.8. The molecule has 0 unspecified atom stereocenters. The molecule has 0 amide bonds. The molecule has 0 saturated heterocycles. The number of benzene rings is 1. The monoisotopic (exact) mass is 381 g/mol. The lowest BCUT2D eigenvalue weighted by Gasteiger charge is -2.18. The number of aliphatic carboxylic acids is 1. The first-order valence-electron chi connectivity index (χ1n) is 7.23. The minimum Gasteiger partial charge on any atom is -0.481 e. The molecule has 0 aliphatic heterocycles. The van der Waals surface area contributed by atoms with E-state index < -0.39 is 11.5 Å². The van der Waals surface area contributed by atoms with Crippen molar-refractivity contribution in [3.8, 4) is 0 Å². The molecule has 0 atom stereocenters. The molecule has 10 heteroatoms. The second-order valence-electron chi connectivity index (χ2n) is 5.29. The number of carboxylic acids is 1. The molecule has 2 aromatic heterocycles. The summed E-state index contributed by atoms with van der Waals surface area (Å²) in [7, 11) is 1.72. The van der Waals surface area contributed by atoms with Gasteiger partial charge in [0, 0.05) is 12.7 Å². The largest absolute Gasteiger partial charge is 0.481 e. The smallest absolute Gasteiger partial charge is 0.305 e.